The van der Waals surface area contributed by atoms with Crippen molar-refractivity contribution >= 4 is 17.9 Å². The lowest BCUT2D eigenvalue weighted by atomic mass is 10.3. The number of aryl methyl sites for hydroxylation is 1. The maximum Gasteiger partial charge on any atom is 0.212 e. The Hall–Kier alpha value is -1.84. The molecule has 1 N–H and O–H groups in total. The van der Waals surface area contributed by atoms with E-state index in [1.165, 1.54) is 19.3 Å². The third kappa shape index (κ3) is 2.82. The number of nitrogens with one attached hydrogen (secondary N) is 1. The van der Waals surface area contributed by atoms with Crippen molar-refractivity contribution in [1.29, 1.82) is 0 Å². The van der Waals surface area contributed by atoms with Crippen LogP contribution in [0.3, 0.4) is 0 Å². The van der Waals surface area contributed by atoms with Crippen molar-refractivity contribution in [3.05, 3.63) is 30.1 Å². The molecule has 0 bridgehead atoms. The third-order valence-corrected chi connectivity index (χ3v) is 2.16. The van der Waals surface area contributed by atoms with Gasteiger partial charge in [-0.15, -0.1) is 0 Å². The SMILES string of the molecule is C1CC1.Cc1ccc2nc(NC=O)cn2c1. The van der Waals surface area contributed by atoms with Gasteiger partial charge in [0.05, 0.1) is 6.20 Å². The van der Waals surface area contributed by atoms with Crippen molar-refractivity contribution in [2.24, 2.45) is 0 Å². The maximum atomic E-state index is 10.2. The number of rotatable bonds is 2. The highest BCUT2D eigenvalue weighted by atomic mass is 16.1. The van der Waals surface area contributed by atoms with E-state index >= 15 is 0 Å². The van der Waals surface area contributed by atoms with Crippen LogP contribution in [0.25, 0.3) is 5.65 Å². The molecule has 1 fully saturated rings. The first-order chi connectivity index (χ1) is 7.79. The van der Waals surface area contributed by atoms with E-state index in [-0.39, 0.29) is 0 Å². The van der Waals surface area contributed by atoms with Gasteiger partial charge >= 0.3 is 0 Å². The van der Waals surface area contributed by atoms with E-state index in [1.54, 1.807) is 6.20 Å². The summed E-state index contributed by atoms with van der Waals surface area (Å²) in [7, 11) is 0. The van der Waals surface area contributed by atoms with Crippen LogP contribution in [0, 0.1) is 6.92 Å². The van der Waals surface area contributed by atoms with Crippen LogP contribution in [0.2, 0.25) is 0 Å². The number of aromatic nitrogens is 2. The van der Waals surface area contributed by atoms with Crippen LogP contribution in [0.4, 0.5) is 5.82 Å². The van der Waals surface area contributed by atoms with Crippen LogP contribution in [0.1, 0.15) is 24.8 Å². The van der Waals surface area contributed by atoms with Gasteiger partial charge < -0.3 is 9.72 Å². The zero-order valence-corrected chi connectivity index (χ0v) is 9.31. The Morgan fingerprint density at radius 3 is 2.69 bits per heavy atom. The average Bonchev–Trinajstić information content (AvgIpc) is 3.07. The molecule has 1 amide bonds. The number of anilines is 1. The predicted molar refractivity (Wildman–Crippen MR) is 63.5 cm³/mol. The molecular formula is C12H15N3O. The molecule has 4 heteroatoms. The molecular weight excluding hydrogens is 202 g/mol. The van der Waals surface area contributed by atoms with Crippen molar-refractivity contribution in [3.8, 4) is 0 Å². The van der Waals surface area contributed by atoms with Crippen molar-refractivity contribution in [2.75, 3.05) is 5.32 Å². The largest absolute Gasteiger partial charge is 0.312 e. The zero-order valence-electron chi connectivity index (χ0n) is 9.31. The van der Waals surface area contributed by atoms with Gasteiger partial charge in [-0.3, -0.25) is 4.79 Å². The molecule has 4 nitrogen and oxygen atoms in total. The molecule has 3 rings (SSSR count). The van der Waals surface area contributed by atoms with Gasteiger partial charge in [0.1, 0.15) is 5.65 Å². The van der Waals surface area contributed by atoms with Gasteiger partial charge in [0.2, 0.25) is 6.41 Å². The summed E-state index contributed by atoms with van der Waals surface area (Å²) in [4.78, 5) is 14.3. The van der Waals surface area contributed by atoms with Gasteiger partial charge in [-0.25, -0.2) is 4.98 Å². The fraction of sp³-hybridized carbons (Fsp3) is 0.333. The number of fused-ring (bicyclic) bond motifs is 1. The molecule has 1 saturated carbocycles. The standard InChI is InChI=1S/C9H9N3O.C3H6/c1-7-2-3-9-11-8(10-6-13)5-12(9)4-7;1-2-3-1/h2-6H,1H3,(H,10,13);1-3H2. The summed E-state index contributed by atoms with van der Waals surface area (Å²) in [5.74, 6) is 0.570. The van der Waals surface area contributed by atoms with Gasteiger partial charge in [-0.1, -0.05) is 25.3 Å². The molecule has 16 heavy (non-hydrogen) atoms. The molecule has 2 aromatic heterocycles. The van der Waals surface area contributed by atoms with E-state index in [9.17, 15) is 4.79 Å². The smallest absolute Gasteiger partial charge is 0.212 e. The van der Waals surface area contributed by atoms with Gasteiger partial charge in [0.25, 0.3) is 0 Å². The van der Waals surface area contributed by atoms with Gasteiger partial charge in [0, 0.05) is 6.20 Å². The van der Waals surface area contributed by atoms with Crippen molar-refractivity contribution in [3.63, 3.8) is 0 Å². The highest BCUT2D eigenvalue weighted by molar-refractivity contribution is 5.69. The normalized spacial score (nSPS) is 12.8. The summed E-state index contributed by atoms with van der Waals surface area (Å²) in [6.07, 6.45) is 8.85. The monoisotopic (exact) mass is 217 g/mol. The Bertz CT molecular complexity index is 485. The lowest BCUT2D eigenvalue weighted by Gasteiger charge is -1.92. The van der Waals surface area contributed by atoms with E-state index in [4.69, 9.17) is 0 Å². The molecule has 0 spiro atoms. The molecule has 1 aliphatic carbocycles. The van der Waals surface area contributed by atoms with E-state index in [2.05, 4.69) is 10.3 Å². The second-order valence-corrected chi connectivity index (χ2v) is 3.92. The second-order valence-electron chi connectivity index (χ2n) is 3.92. The summed E-state index contributed by atoms with van der Waals surface area (Å²) in [6.45, 7) is 2.01. The lowest BCUT2D eigenvalue weighted by Crippen LogP contribution is -1.92. The number of carbonyl (C=O) groups excluding carboxylic acids is 1. The van der Waals surface area contributed by atoms with Crippen LogP contribution in [0.15, 0.2) is 24.5 Å². The third-order valence-electron chi connectivity index (χ3n) is 2.16. The summed E-state index contributed by atoms with van der Waals surface area (Å²) in [5, 5.41) is 2.50. The van der Waals surface area contributed by atoms with E-state index < -0.39 is 0 Å². The summed E-state index contributed by atoms with van der Waals surface area (Å²) in [5.41, 5.74) is 1.98. The topological polar surface area (TPSA) is 46.4 Å². The van der Waals surface area contributed by atoms with Gasteiger partial charge in [-0.2, -0.15) is 0 Å². The molecule has 0 atom stereocenters. The Morgan fingerprint density at radius 2 is 2.06 bits per heavy atom. The zero-order chi connectivity index (χ0) is 11.4. The molecule has 0 radical (unpaired) electrons. The Labute approximate surface area is 94.3 Å². The summed E-state index contributed by atoms with van der Waals surface area (Å²) in [6, 6.07) is 3.89. The van der Waals surface area contributed by atoms with Crippen LogP contribution in [0.5, 0.6) is 0 Å². The summed E-state index contributed by atoms with van der Waals surface area (Å²) < 4.78 is 1.88. The minimum Gasteiger partial charge on any atom is -0.312 e. The first-order valence-electron chi connectivity index (χ1n) is 5.45. The first kappa shape index (κ1) is 10.7. The van der Waals surface area contributed by atoms with E-state index in [1.807, 2.05) is 29.7 Å². The van der Waals surface area contributed by atoms with Crippen molar-refractivity contribution in [2.45, 2.75) is 26.2 Å². The number of hydrogen-bond donors (Lipinski definition) is 1. The number of imidazole rings is 1. The van der Waals surface area contributed by atoms with E-state index in [0.717, 1.165) is 11.2 Å². The Balaban J connectivity index is 0.000000278. The van der Waals surface area contributed by atoms with Gasteiger partial charge in [0.15, 0.2) is 5.82 Å². The average molecular weight is 217 g/mol. The number of nitrogens with zero attached hydrogens (tertiary/aromatic N) is 2. The molecule has 0 aromatic carbocycles. The molecule has 1 aliphatic rings. The highest BCUT2D eigenvalue weighted by Crippen LogP contribution is 2.14. The first-order valence-corrected chi connectivity index (χ1v) is 5.45. The number of pyridine rings is 1. The molecule has 0 aliphatic heterocycles. The molecule has 0 saturated heterocycles. The molecule has 2 heterocycles. The fourth-order valence-electron chi connectivity index (χ4n) is 1.23. The minimum absolute atomic E-state index is 0.570. The van der Waals surface area contributed by atoms with Gasteiger partial charge in [-0.05, 0) is 18.6 Å². The lowest BCUT2D eigenvalue weighted by molar-refractivity contribution is -0.105. The number of amides is 1. The molecule has 84 valence electrons. The Kier molecular flexibility index (Phi) is 3.19. The van der Waals surface area contributed by atoms with Crippen molar-refractivity contribution < 1.29 is 4.79 Å². The summed E-state index contributed by atoms with van der Waals surface area (Å²) >= 11 is 0. The number of carbonyl (C=O) groups is 1. The van der Waals surface area contributed by atoms with Crippen LogP contribution in [-0.4, -0.2) is 15.8 Å². The Morgan fingerprint density at radius 1 is 1.31 bits per heavy atom. The molecule has 0 unspecified atom stereocenters. The number of hydrogen-bond acceptors (Lipinski definition) is 2. The maximum absolute atomic E-state index is 10.2. The highest BCUT2D eigenvalue weighted by Gasteiger charge is 1.98. The van der Waals surface area contributed by atoms with Crippen molar-refractivity contribution in [1.82, 2.24) is 9.38 Å². The van der Waals surface area contributed by atoms with E-state index in [0.29, 0.717) is 12.2 Å². The quantitative estimate of drug-likeness (QED) is 0.785. The molecule has 2 aromatic rings. The van der Waals surface area contributed by atoms with Crippen LogP contribution >= 0.6 is 0 Å². The van der Waals surface area contributed by atoms with Crippen LogP contribution < -0.4 is 5.32 Å². The van der Waals surface area contributed by atoms with Crippen LogP contribution in [-0.2, 0) is 4.79 Å². The second kappa shape index (κ2) is 4.79. The predicted octanol–water partition coefficient (Wildman–Crippen LogP) is 2.38. The fourth-order valence-corrected chi connectivity index (χ4v) is 1.23. The minimum atomic E-state index is 0.570.